The molecule has 1 saturated heterocycles. The SMILES string of the molecule is CC1CCC2C(C1)C1C3CCCCC3CC1N2c1ccc(P(C)C)cc1. The Bertz CT molecular complexity index is 638. The minimum atomic E-state index is 0.0173. The van der Waals surface area contributed by atoms with Crippen LogP contribution >= 0.6 is 7.92 Å². The van der Waals surface area contributed by atoms with Crippen LogP contribution in [-0.2, 0) is 0 Å². The highest BCUT2D eigenvalue weighted by atomic mass is 31.1. The van der Waals surface area contributed by atoms with Crippen molar-refractivity contribution in [2.75, 3.05) is 18.2 Å². The second-order valence-electron chi connectivity index (χ2n) is 10.1. The van der Waals surface area contributed by atoms with E-state index in [1.165, 1.54) is 51.4 Å². The van der Waals surface area contributed by atoms with E-state index in [9.17, 15) is 0 Å². The maximum atomic E-state index is 2.96. The van der Waals surface area contributed by atoms with Crippen molar-refractivity contribution in [3.05, 3.63) is 24.3 Å². The number of hydrogen-bond acceptors (Lipinski definition) is 1. The van der Waals surface area contributed by atoms with E-state index in [1.54, 1.807) is 11.0 Å². The highest BCUT2D eigenvalue weighted by Crippen LogP contribution is 2.59. The first-order valence-corrected chi connectivity index (χ1v) is 13.4. The van der Waals surface area contributed by atoms with Gasteiger partial charge in [0.2, 0.25) is 0 Å². The van der Waals surface area contributed by atoms with Gasteiger partial charge in [0, 0.05) is 17.8 Å². The molecule has 7 unspecified atom stereocenters. The second-order valence-corrected chi connectivity index (χ2v) is 12.4. The van der Waals surface area contributed by atoms with E-state index >= 15 is 0 Å². The molecule has 0 spiro atoms. The first kappa shape index (κ1) is 17.5. The van der Waals surface area contributed by atoms with Crippen molar-refractivity contribution >= 4 is 18.9 Å². The van der Waals surface area contributed by atoms with Gasteiger partial charge in [-0.2, -0.15) is 0 Å². The highest BCUT2D eigenvalue weighted by molar-refractivity contribution is 7.64. The molecule has 4 fully saturated rings. The summed E-state index contributed by atoms with van der Waals surface area (Å²) in [5.41, 5.74) is 1.54. The molecule has 0 amide bonds. The van der Waals surface area contributed by atoms with Crippen LogP contribution in [0.1, 0.15) is 58.3 Å². The third-order valence-electron chi connectivity index (χ3n) is 8.45. The lowest BCUT2D eigenvalue weighted by Gasteiger charge is -2.40. The van der Waals surface area contributed by atoms with Gasteiger partial charge in [0.25, 0.3) is 0 Å². The third-order valence-corrected chi connectivity index (χ3v) is 9.78. The molecule has 2 heteroatoms. The molecule has 5 rings (SSSR count). The van der Waals surface area contributed by atoms with E-state index in [4.69, 9.17) is 0 Å². The summed E-state index contributed by atoms with van der Waals surface area (Å²) < 4.78 is 0. The van der Waals surface area contributed by atoms with Crippen molar-refractivity contribution in [1.82, 2.24) is 0 Å². The Hall–Kier alpha value is -0.550. The zero-order chi connectivity index (χ0) is 17.8. The fourth-order valence-electron chi connectivity index (χ4n) is 7.41. The quantitative estimate of drug-likeness (QED) is 0.589. The van der Waals surface area contributed by atoms with Crippen LogP contribution in [0.2, 0.25) is 0 Å². The lowest BCUT2D eigenvalue weighted by Crippen LogP contribution is -2.40. The van der Waals surface area contributed by atoms with Crippen LogP contribution in [0.15, 0.2) is 24.3 Å². The zero-order valence-electron chi connectivity index (χ0n) is 16.9. The zero-order valence-corrected chi connectivity index (χ0v) is 17.8. The summed E-state index contributed by atoms with van der Waals surface area (Å²) in [4.78, 5) is 2.96. The molecule has 0 aromatic heterocycles. The van der Waals surface area contributed by atoms with Crippen LogP contribution in [0.5, 0.6) is 0 Å². The van der Waals surface area contributed by atoms with Crippen molar-refractivity contribution < 1.29 is 0 Å². The van der Waals surface area contributed by atoms with E-state index in [0.29, 0.717) is 0 Å². The molecule has 3 saturated carbocycles. The molecule has 0 bridgehead atoms. The smallest absolute Gasteiger partial charge is 0.0371 e. The van der Waals surface area contributed by atoms with E-state index in [2.05, 4.69) is 49.4 Å². The van der Waals surface area contributed by atoms with E-state index in [0.717, 1.165) is 41.7 Å². The fraction of sp³-hybridized carbons (Fsp3) is 0.750. The van der Waals surface area contributed by atoms with Gasteiger partial charge >= 0.3 is 0 Å². The highest BCUT2D eigenvalue weighted by Gasteiger charge is 2.58. The lowest BCUT2D eigenvalue weighted by atomic mass is 9.68. The third kappa shape index (κ3) is 2.76. The molecule has 1 aliphatic heterocycles. The first-order valence-electron chi connectivity index (χ1n) is 11.2. The predicted molar refractivity (Wildman–Crippen MR) is 115 cm³/mol. The first-order chi connectivity index (χ1) is 12.6. The number of rotatable bonds is 2. The summed E-state index contributed by atoms with van der Waals surface area (Å²) in [7, 11) is 0.0173. The molecule has 26 heavy (non-hydrogen) atoms. The average molecular weight is 370 g/mol. The van der Waals surface area contributed by atoms with E-state index in [1.807, 2.05) is 0 Å². The van der Waals surface area contributed by atoms with Crippen LogP contribution in [0.3, 0.4) is 0 Å². The molecule has 3 aliphatic carbocycles. The standard InChI is InChI=1S/C24H36NP/c1-16-8-13-22-21(14-16)24-20-7-5-4-6-17(20)15-23(24)25(22)18-9-11-19(12-10-18)26(2)3/h9-12,16-17,20-24H,4-8,13-15H2,1-3H3. The Labute approximate surface area is 161 Å². The Balaban J connectivity index is 1.49. The number of fused-ring (bicyclic) bond motifs is 5. The van der Waals surface area contributed by atoms with Gasteiger partial charge in [-0.15, -0.1) is 0 Å². The molecular weight excluding hydrogens is 333 g/mol. The minimum absolute atomic E-state index is 0.0173. The molecule has 4 aliphatic rings. The molecular formula is C24H36NP. The fourth-order valence-corrected chi connectivity index (χ4v) is 8.16. The van der Waals surface area contributed by atoms with Gasteiger partial charge in [-0.25, -0.2) is 0 Å². The summed E-state index contributed by atoms with van der Waals surface area (Å²) in [6.45, 7) is 7.26. The molecule has 1 aromatic rings. The topological polar surface area (TPSA) is 3.24 Å². The predicted octanol–water partition coefficient (Wildman–Crippen LogP) is 5.87. The van der Waals surface area contributed by atoms with Crippen LogP contribution in [-0.4, -0.2) is 25.4 Å². The van der Waals surface area contributed by atoms with Crippen LogP contribution in [0.4, 0.5) is 5.69 Å². The summed E-state index contributed by atoms with van der Waals surface area (Å²) in [6.07, 6.45) is 11.9. The van der Waals surface area contributed by atoms with Crippen molar-refractivity contribution in [2.24, 2.45) is 29.6 Å². The summed E-state index contributed by atoms with van der Waals surface area (Å²) in [5.74, 6) is 5.02. The number of hydrogen-bond donors (Lipinski definition) is 0. The average Bonchev–Trinajstić information content (AvgIpc) is 3.16. The molecule has 1 nitrogen and oxygen atoms in total. The normalized spacial score (nSPS) is 41.8. The molecule has 0 radical (unpaired) electrons. The van der Waals surface area contributed by atoms with Crippen LogP contribution in [0, 0.1) is 29.6 Å². The van der Waals surface area contributed by atoms with E-state index < -0.39 is 0 Å². The van der Waals surface area contributed by atoms with Gasteiger partial charge in [0.05, 0.1) is 0 Å². The lowest BCUT2D eigenvalue weighted by molar-refractivity contribution is 0.143. The van der Waals surface area contributed by atoms with Crippen molar-refractivity contribution in [1.29, 1.82) is 0 Å². The number of nitrogens with zero attached hydrogens (tertiary/aromatic N) is 1. The monoisotopic (exact) mass is 369 g/mol. The summed E-state index contributed by atoms with van der Waals surface area (Å²) in [5, 5.41) is 1.55. The van der Waals surface area contributed by atoms with Crippen molar-refractivity contribution in [3.63, 3.8) is 0 Å². The molecule has 1 aromatic carbocycles. The maximum Gasteiger partial charge on any atom is 0.0371 e. The molecule has 1 heterocycles. The summed E-state index contributed by atoms with van der Waals surface area (Å²) >= 11 is 0. The van der Waals surface area contributed by atoms with Gasteiger partial charge in [-0.1, -0.05) is 46.2 Å². The summed E-state index contributed by atoms with van der Waals surface area (Å²) in [6, 6.07) is 11.5. The van der Waals surface area contributed by atoms with Gasteiger partial charge in [-0.3, -0.25) is 0 Å². The van der Waals surface area contributed by atoms with E-state index in [-0.39, 0.29) is 7.92 Å². The van der Waals surface area contributed by atoms with Gasteiger partial charge in [-0.05, 0) is 92.5 Å². The number of benzene rings is 1. The second kappa shape index (κ2) is 6.80. The Morgan fingerprint density at radius 3 is 2.38 bits per heavy atom. The van der Waals surface area contributed by atoms with Crippen LogP contribution < -0.4 is 10.2 Å². The Kier molecular flexibility index (Phi) is 4.59. The molecule has 7 atom stereocenters. The Morgan fingerprint density at radius 2 is 1.62 bits per heavy atom. The van der Waals surface area contributed by atoms with Crippen molar-refractivity contribution in [2.45, 2.75) is 70.4 Å². The van der Waals surface area contributed by atoms with Gasteiger partial charge in [0.15, 0.2) is 0 Å². The Morgan fingerprint density at radius 1 is 0.846 bits per heavy atom. The van der Waals surface area contributed by atoms with Crippen molar-refractivity contribution in [3.8, 4) is 0 Å². The molecule has 0 N–H and O–H groups in total. The molecule has 142 valence electrons. The maximum absolute atomic E-state index is 2.96. The minimum Gasteiger partial charge on any atom is -0.365 e. The van der Waals surface area contributed by atoms with Gasteiger partial charge < -0.3 is 4.90 Å². The van der Waals surface area contributed by atoms with Gasteiger partial charge in [0.1, 0.15) is 0 Å². The number of anilines is 1. The van der Waals surface area contributed by atoms with Crippen LogP contribution in [0.25, 0.3) is 0 Å². The largest absolute Gasteiger partial charge is 0.365 e.